The second kappa shape index (κ2) is 9.89. The highest BCUT2D eigenvalue weighted by atomic mass is 32.2. The maximum atomic E-state index is 13.7. The fraction of sp³-hybridized carbons (Fsp3) is 0.611. The van der Waals surface area contributed by atoms with Crippen LogP contribution in [0.3, 0.4) is 0 Å². The third-order valence-corrected chi connectivity index (χ3v) is 5.42. The number of nitrogens with one attached hydrogen (secondary N) is 1. The summed E-state index contributed by atoms with van der Waals surface area (Å²) in [6.45, 7) is 8.04. The van der Waals surface area contributed by atoms with Crippen molar-refractivity contribution >= 4 is 17.7 Å². The number of thioether (sulfide) groups is 1. The molecule has 1 aliphatic heterocycles. The predicted molar refractivity (Wildman–Crippen MR) is 100 cm³/mol. The first-order valence-corrected chi connectivity index (χ1v) is 9.63. The lowest BCUT2D eigenvalue weighted by atomic mass is 10.1. The van der Waals surface area contributed by atoms with E-state index in [1.165, 1.54) is 12.5 Å². The summed E-state index contributed by atoms with van der Waals surface area (Å²) in [7, 11) is 1.58. The van der Waals surface area contributed by atoms with Crippen LogP contribution in [0.25, 0.3) is 0 Å². The summed E-state index contributed by atoms with van der Waals surface area (Å²) in [5, 5.41) is 4.05. The van der Waals surface area contributed by atoms with Crippen LogP contribution in [-0.4, -0.2) is 48.6 Å². The molecule has 1 atom stereocenters. The van der Waals surface area contributed by atoms with Gasteiger partial charge in [0.25, 0.3) is 0 Å². The second-order valence-electron chi connectivity index (χ2n) is 5.88. The Balaban J connectivity index is 2.09. The first-order chi connectivity index (χ1) is 11.7. The van der Waals surface area contributed by atoms with Gasteiger partial charge in [0.1, 0.15) is 5.82 Å². The minimum atomic E-state index is -0.227. The first kappa shape index (κ1) is 19.1. The van der Waals surface area contributed by atoms with Crippen LogP contribution in [0.4, 0.5) is 4.39 Å². The highest BCUT2D eigenvalue weighted by Gasteiger charge is 2.21. The topological polar surface area (TPSA) is 36.9 Å². The van der Waals surface area contributed by atoms with Crippen LogP contribution in [0.1, 0.15) is 31.4 Å². The summed E-state index contributed by atoms with van der Waals surface area (Å²) < 4.78 is 18.8. The molecule has 1 N–H and O–H groups in total. The number of aliphatic imine (C=N–C) groups is 1. The number of rotatable bonds is 6. The Morgan fingerprint density at radius 3 is 3.00 bits per heavy atom. The van der Waals surface area contributed by atoms with Crippen molar-refractivity contribution in [2.45, 2.75) is 38.7 Å². The highest BCUT2D eigenvalue weighted by molar-refractivity contribution is 8.00. The van der Waals surface area contributed by atoms with Crippen molar-refractivity contribution in [3.05, 3.63) is 35.1 Å². The van der Waals surface area contributed by atoms with E-state index in [-0.39, 0.29) is 12.4 Å². The standard InChI is InChI=1S/C18H28FN3OS/c1-4-16-12-22(8-9-24-16)18(20-5-2)21-11-14-6-7-17(19)15(10-14)13-23-3/h6-7,10,16H,4-5,8-9,11-13H2,1-3H3,(H,20,21). The Labute approximate surface area is 148 Å². The van der Waals surface area contributed by atoms with Crippen LogP contribution in [0, 0.1) is 5.82 Å². The van der Waals surface area contributed by atoms with Gasteiger partial charge in [-0.3, -0.25) is 0 Å². The summed E-state index contributed by atoms with van der Waals surface area (Å²) in [6.07, 6.45) is 1.18. The number of nitrogens with zero attached hydrogens (tertiary/aromatic N) is 2. The summed E-state index contributed by atoms with van der Waals surface area (Å²) in [5.41, 5.74) is 1.58. The Hall–Kier alpha value is -1.27. The number of guanidine groups is 1. The number of hydrogen-bond donors (Lipinski definition) is 1. The van der Waals surface area contributed by atoms with Gasteiger partial charge < -0.3 is 15.0 Å². The summed E-state index contributed by atoms with van der Waals surface area (Å²) in [4.78, 5) is 7.11. The molecular formula is C18H28FN3OS. The molecule has 6 heteroatoms. The summed E-state index contributed by atoms with van der Waals surface area (Å²) >= 11 is 2.05. The van der Waals surface area contributed by atoms with Crippen molar-refractivity contribution in [2.24, 2.45) is 4.99 Å². The van der Waals surface area contributed by atoms with E-state index in [4.69, 9.17) is 9.73 Å². The van der Waals surface area contributed by atoms with Crippen LogP contribution in [0.5, 0.6) is 0 Å². The zero-order chi connectivity index (χ0) is 17.4. The fourth-order valence-electron chi connectivity index (χ4n) is 2.74. The third-order valence-electron chi connectivity index (χ3n) is 4.05. The molecule has 4 nitrogen and oxygen atoms in total. The molecule has 24 heavy (non-hydrogen) atoms. The van der Waals surface area contributed by atoms with Crippen molar-refractivity contribution in [3.63, 3.8) is 0 Å². The minimum absolute atomic E-state index is 0.227. The minimum Gasteiger partial charge on any atom is -0.380 e. The largest absolute Gasteiger partial charge is 0.380 e. The van der Waals surface area contributed by atoms with Gasteiger partial charge in [0.15, 0.2) is 5.96 Å². The van der Waals surface area contributed by atoms with Crippen molar-refractivity contribution in [3.8, 4) is 0 Å². The van der Waals surface area contributed by atoms with E-state index >= 15 is 0 Å². The number of ether oxygens (including phenoxy) is 1. The Morgan fingerprint density at radius 2 is 2.29 bits per heavy atom. The molecule has 1 aliphatic rings. The molecule has 1 saturated heterocycles. The monoisotopic (exact) mass is 353 g/mol. The van der Waals surface area contributed by atoms with Crippen molar-refractivity contribution in [2.75, 3.05) is 32.5 Å². The summed E-state index contributed by atoms with van der Waals surface area (Å²) in [6, 6.07) is 5.13. The molecule has 0 aromatic heterocycles. The molecule has 0 radical (unpaired) electrons. The van der Waals surface area contributed by atoms with Gasteiger partial charge >= 0.3 is 0 Å². The van der Waals surface area contributed by atoms with Gasteiger partial charge in [0.2, 0.25) is 0 Å². The lowest BCUT2D eigenvalue weighted by Gasteiger charge is -2.34. The Morgan fingerprint density at radius 1 is 1.46 bits per heavy atom. The van der Waals surface area contributed by atoms with Gasteiger partial charge in [-0.2, -0.15) is 11.8 Å². The quantitative estimate of drug-likeness (QED) is 0.629. The maximum absolute atomic E-state index is 13.7. The normalized spacial score (nSPS) is 18.8. The number of methoxy groups -OCH3 is 1. The van der Waals surface area contributed by atoms with E-state index in [1.54, 1.807) is 13.2 Å². The molecule has 1 fully saturated rings. The van der Waals surface area contributed by atoms with Gasteiger partial charge in [-0.1, -0.05) is 13.0 Å². The molecule has 0 spiro atoms. The highest BCUT2D eigenvalue weighted by Crippen LogP contribution is 2.21. The van der Waals surface area contributed by atoms with Gasteiger partial charge in [-0.05, 0) is 31.0 Å². The van der Waals surface area contributed by atoms with Crippen LogP contribution in [0.2, 0.25) is 0 Å². The van der Waals surface area contributed by atoms with Crippen LogP contribution in [-0.2, 0) is 17.9 Å². The molecule has 134 valence electrons. The second-order valence-corrected chi connectivity index (χ2v) is 7.28. The Bertz CT molecular complexity index is 553. The molecule has 1 unspecified atom stereocenters. The SMILES string of the molecule is CCNC(=NCc1ccc(F)c(COC)c1)N1CCSC(CC)C1. The Kier molecular flexibility index (Phi) is 7.85. The van der Waals surface area contributed by atoms with E-state index in [2.05, 4.69) is 24.1 Å². The molecule has 1 heterocycles. The molecule has 0 bridgehead atoms. The predicted octanol–water partition coefficient (Wildman–Crippen LogP) is 3.27. The molecule has 1 aromatic rings. The summed E-state index contributed by atoms with van der Waals surface area (Å²) in [5.74, 6) is 1.86. The number of benzene rings is 1. The molecule has 0 saturated carbocycles. The van der Waals surface area contributed by atoms with Crippen LogP contribution >= 0.6 is 11.8 Å². The average molecular weight is 354 g/mol. The van der Waals surface area contributed by atoms with E-state index < -0.39 is 0 Å². The van der Waals surface area contributed by atoms with Gasteiger partial charge in [-0.15, -0.1) is 0 Å². The molecule has 1 aromatic carbocycles. The van der Waals surface area contributed by atoms with E-state index in [0.29, 0.717) is 17.4 Å². The maximum Gasteiger partial charge on any atom is 0.194 e. The zero-order valence-electron chi connectivity index (χ0n) is 14.8. The van der Waals surface area contributed by atoms with Gasteiger partial charge in [-0.25, -0.2) is 9.38 Å². The zero-order valence-corrected chi connectivity index (χ0v) is 15.7. The van der Waals surface area contributed by atoms with Gasteiger partial charge in [0, 0.05) is 43.3 Å². The lowest BCUT2D eigenvalue weighted by molar-refractivity contribution is 0.181. The third kappa shape index (κ3) is 5.38. The molecule has 2 rings (SSSR count). The van der Waals surface area contributed by atoms with E-state index in [0.717, 1.165) is 36.9 Å². The van der Waals surface area contributed by atoms with Crippen molar-refractivity contribution in [1.29, 1.82) is 0 Å². The average Bonchev–Trinajstić information content (AvgIpc) is 2.61. The number of halogens is 1. The van der Waals surface area contributed by atoms with Crippen LogP contribution in [0.15, 0.2) is 23.2 Å². The van der Waals surface area contributed by atoms with E-state index in [9.17, 15) is 4.39 Å². The van der Waals surface area contributed by atoms with Crippen molar-refractivity contribution < 1.29 is 9.13 Å². The molecule has 0 aliphatic carbocycles. The van der Waals surface area contributed by atoms with Crippen LogP contribution < -0.4 is 5.32 Å². The fourth-order valence-corrected chi connectivity index (χ4v) is 3.92. The smallest absolute Gasteiger partial charge is 0.194 e. The molecule has 0 amide bonds. The van der Waals surface area contributed by atoms with Crippen molar-refractivity contribution in [1.82, 2.24) is 10.2 Å². The molecular weight excluding hydrogens is 325 g/mol. The lowest BCUT2D eigenvalue weighted by Crippen LogP contribution is -2.48. The van der Waals surface area contributed by atoms with Gasteiger partial charge in [0.05, 0.1) is 13.2 Å². The number of hydrogen-bond acceptors (Lipinski definition) is 3. The first-order valence-electron chi connectivity index (χ1n) is 8.59. The van der Waals surface area contributed by atoms with E-state index in [1.807, 2.05) is 17.8 Å².